The molecule has 0 aliphatic rings. The van der Waals surface area contributed by atoms with Gasteiger partial charge in [0.25, 0.3) is 0 Å². The van der Waals surface area contributed by atoms with Crippen LogP contribution in [0.2, 0.25) is 0 Å². The summed E-state index contributed by atoms with van der Waals surface area (Å²) in [6.07, 6.45) is -0.872. The van der Waals surface area contributed by atoms with Gasteiger partial charge in [-0.3, -0.25) is 0 Å². The zero-order valence-corrected chi connectivity index (χ0v) is 30.5. The highest BCUT2D eigenvalue weighted by atomic mass is 31.2. The predicted molar refractivity (Wildman–Crippen MR) is 184 cm³/mol. The van der Waals surface area contributed by atoms with Gasteiger partial charge in [-0.05, 0) is 43.9 Å². The summed E-state index contributed by atoms with van der Waals surface area (Å²) in [5, 5.41) is 32.6. The van der Waals surface area contributed by atoms with Gasteiger partial charge in [0.05, 0.1) is 25.2 Å². The second-order valence-corrected chi connectivity index (χ2v) is 16.7. The zero-order chi connectivity index (χ0) is 35.3. The molecule has 0 saturated heterocycles. The molecular formula is C35H61N2O7P. The van der Waals surface area contributed by atoms with Gasteiger partial charge < -0.3 is 46.2 Å². The molecule has 0 aliphatic carbocycles. The minimum atomic E-state index is -2.62. The smallest absolute Gasteiger partial charge is 0.324 e. The third-order valence-electron chi connectivity index (χ3n) is 8.09. The van der Waals surface area contributed by atoms with Crippen LogP contribution in [-0.2, 0) is 34.7 Å². The van der Waals surface area contributed by atoms with Crippen molar-refractivity contribution in [3.8, 4) is 5.75 Å². The van der Waals surface area contributed by atoms with Gasteiger partial charge in [0.15, 0.2) is 0 Å². The molecular weight excluding hydrogens is 591 g/mol. The van der Waals surface area contributed by atoms with Crippen molar-refractivity contribution in [2.24, 2.45) is 16.9 Å². The number of hydrogen-bond donors (Lipinski definition) is 8. The Hall–Kier alpha value is -1.65. The lowest BCUT2D eigenvalue weighted by atomic mass is 9.68. The number of ether oxygens (including phenoxy) is 1. The Morgan fingerprint density at radius 1 is 0.578 bits per heavy atom. The van der Waals surface area contributed by atoms with Crippen LogP contribution in [0.5, 0.6) is 5.75 Å². The fraction of sp³-hybridized carbons (Fsp3) is 0.657. The van der Waals surface area contributed by atoms with Crippen molar-refractivity contribution >= 4 is 8.60 Å². The minimum Gasteiger partial charge on any atom is -0.484 e. The second-order valence-electron chi connectivity index (χ2n) is 16.1. The lowest BCUT2D eigenvalue weighted by molar-refractivity contribution is -0.0761. The normalized spacial score (nSPS) is 13.9. The SMILES string of the molecule is CC(C)(C)c1cc(CN)cc(C(C)(C)C)c1OC(c1c(C(C)(C)C)cc(CN)cc1C(C)(C)C)C(CO)(CO)CO.OP(O)O. The molecule has 0 heterocycles. The lowest BCUT2D eigenvalue weighted by Gasteiger charge is -2.43. The van der Waals surface area contributed by atoms with Gasteiger partial charge in [-0.15, -0.1) is 0 Å². The first kappa shape index (κ1) is 41.4. The van der Waals surface area contributed by atoms with E-state index in [0.29, 0.717) is 18.8 Å². The third kappa shape index (κ3) is 10.4. The van der Waals surface area contributed by atoms with Crippen molar-refractivity contribution < 1.29 is 34.7 Å². The maximum atomic E-state index is 10.9. The highest BCUT2D eigenvalue weighted by molar-refractivity contribution is 7.38. The van der Waals surface area contributed by atoms with Crippen molar-refractivity contribution in [2.45, 2.75) is 124 Å². The molecule has 0 saturated carbocycles. The quantitative estimate of drug-likeness (QED) is 0.172. The molecule has 2 aromatic carbocycles. The van der Waals surface area contributed by atoms with E-state index in [1.165, 1.54) is 0 Å². The standard InChI is InChI=1S/C35H58N2O4.H3O3P/c1-31(2,3)24-13-22(17-36)14-25(32(4,5)6)28(24)30(35(19-38,20-39)21-40)41-29-26(33(7,8)9)15-23(18-37)16-27(29)34(10,11)12;1-4(2)3/h13-16,30,38-40H,17-21,36-37H2,1-12H3;1-3H. The molecule has 0 spiro atoms. The Morgan fingerprint density at radius 3 is 1.07 bits per heavy atom. The molecule has 0 aliphatic heterocycles. The molecule has 2 rings (SSSR count). The second kappa shape index (κ2) is 15.5. The van der Waals surface area contributed by atoms with Gasteiger partial charge in [0.1, 0.15) is 11.9 Å². The van der Waals surface area contributed by atoms with Crippen LogP contribution in [0.4, 0.5) is 0 Å². The summed E-state index contributed by atoms with van der Waals surface area (Å²) in [6, 6.07) is 8.44. The summed E-state index contributed by atoms with van der Waals surface area (Å²) in [5.74, 6) is 0.703. The number of rotatable bonds is 9. The molecule has 0 bridgehead atoms. The first-order chi connectivity index (χ1) is 20.3. The summed E-state index contributed by atoms with van der Waals surface area (Å²) >= 11 is 0. The van der Waals surface area contributed by atoms with E-state index in [4.69, 9.17) is 30.9 Å². The summed E-state index contributed by atoms with van der Waals surface area (Å²) in [5.41, 5.74) is 16.7. The maximum absolute atomic E-state index is 10.9. The summed E-state index contributed by atoms with van der Waals surface area (Å²) in [7, 11) is -2.62. The van der Waals surface area contributed by atoms with Gasteiger partial charge in [-0.1, -0.05) is 107 Å². The highest BCUT2D eigenvalue weighted by Crippen LogP contribution is 2.50. The van der Waals surface area contributed by atoms with Gasteiger partial charge >= 0.3 is 8.60 Å². The number of nitrogens with two attached hydrogens (primary N) is 2. The van der Waals surface area contributed by atoms with Crippen LogP contribution in [0.25, 0.3) is 0 Å². The molecule has 0 fully saturated rings. The van der Waals surface area contributed by atoms with Crippen LogP contribution >= 0.6 is 8.60 Å². The maximum Gasteiger partial charge on any atom is 0.324 e. The van der Waals surface area contributed by atoms with Gasteiger partial charge in [0, 0.05) is 29.8 Å². The topological polar surface area (TPSA) is 183 Å². The first-order valence-electron chi connectivity index (χ1n) is 15.5. The average Bonchev–Trinajstić information content (AvgIpc) is 2.90. The van der Waals surface area contributed by atoms with E-state index >= 15 is 0 Å². The number of benzene rings is 2. The average molecular weight is 653 g/mol. The molecule has 0 aromatic heterocycles. The Bertz CT molecular complexity index is 1170. The molecule has 2 aromatic rings. The Labute approximate surface area is 272 Å². The van der Waals surface area contributed by atoms with Crippen LogP contribution in [0.1, 0.15) is 128 Å². The monoisotopic (exact) mass is 652 g/mol. The van der Waals surface area contributed by atoms with Crippen LogP contribution in [0.3, 0.4) is 0 Å². The summed E-state index contributed by atoms with van der Waals surface area (Å²) in [4.78, 5) is 21.7. The molecule has 1 unspecified atom stereocenters. The van der Waals surface area contributed by atoms with Crippen molar-refractivity contribution in [3.05, 3.63) is 63.2 Å². The van der Waals surface area contributed by atoms with Crippen LogP contribution < -0.4 is 16.2 Å². The lowest BCUT2D eigenvalue weighted by Crippen LogP contribution is -2.45. The van der Waals surface area contributed by atoms with Crippen molar-refractivity contribution in [2.75, 3.05) is 19.8 Å². The Morgan fingerprint density at radius 2 is 0.844 bits per heavy atom. The summed E-state index contributed by atoms with van der Waals surface area (Å²) < 4.78 is 7.25. The van der Waals surface area contributed by atoms with E-state index in [2.05, 4.69) is 107 Å². The van der Waals surface area contributed by atoms with Crippen LogP contribution in [-0.4, -0.2) is 49.8 Å². The molecule has 45 heavy (non-hydrogen) atoms. The fourth-order valence-corrected chi connectivity index (χ4v) is 5.41. The number of aliphatic hydroxyl groups excluding tert-OH is 3. The molecule has 9 nitrogen and oxygen atoms in total. The predicted octanol–water partition coefficient (Wildman–Crippen LogP) is 5.07. The van der Waals surface area contributed by atoms with Gasteiger partial charge in [0.2, 0.25) is 0 Å². The zero-order valence-electron chi connectivity index (χ0n) is 29.6. The number of aliphatic hydroxyl groups is 3. The summed E-state index contributed by atoms with van der Waals surface area (Å²) in [6.45, 7) is 25.1. The van der Waals surface area contributed by atoms with Gasteiger partial charge in [-0.2, -0.15) is 0 Å². The Kier molecular flexibility index (Phi) is 14.3. The molecule has 10 heteroatoms. The largest absolute Gasteiger partial charge is 0.484 e. The molecule has 258 valence electrons. The van der Waals surface area contributed by atoms with E-state index in [1.54, 1.807) is 0 Å². The van der Waals surface area contributed by atoms with E-state index < -0.39 is 39.9 Å². The van der Waals surface area contributed by atoms with E-state index in [1.807, 2.05) is 0 Å². The van der Waals surface area contributed by atoms with E-state index in [-0.39, 0.29) is 21.7 Å². The molecule has 1 atom stereocenters. The molecule has 0 radical (unpaired) electrons. The minimum absolute atomic E-state index is 0.297. The highest BCUT2D eigenvalue weighted by Gasteiger charge is 2.46. The number of hydrogen-bond acceptors (Lipinski definition) is 9. The van der Waals surface area contributed by atoms with Crippen molar-refractivity contribution in [1.82, 2.24) is 0 Å². The molecule has 10 N–H and O–H groups in total. The Balaban J connectivity index is 0.00000238. The fourth-order valence-electron chi connectivity index (χ4n) is 5.41. The first-order valence-corrected chi connectivity index (χ1v) is 16.7. The van der Waals surface area contributed by atoms with E-state index in [9.17, 15) is 15.3 Å². The third-order valence-corrected chi connectivity index (χ3v) is 8.09. The molecule has 0 amide bonds. The van der Waals surface area contributed by atoms with E-state index in [0.717, 1.165) is 38.9 Å². The van der Waals surface area contributed by atoms with Gasteiger partial charge in [-0.25, -0.2) is 0 Å². The van der Waals surface area contributed by atoms with Crippen molar-refractivity contribution in [3.63, 3.8) is 0 Å². The van der Waals surface area contributed by atoms with Crippen LogP contribution in [0, 0.1) is 5.41 Å². The van der Waals surface area contributed by atoms with Crippen molar-refractivity contribution in [1.29, 1.82) is 0 Å². The van der Waals surface area contributed by atoms with Crippen LogP contribution in [0.15, 0.2) is 24.3 Å².